The van der Waals surface area contributed by atoms with E-state index < -0.39 is 17.3 Å². The van der Waals surface area contributed by atoms with Gasteiger partial charge in [0.15, 0.2) is 5.67 Å². The highest BCUT2D eigenvalue weighted by atomic mass is 19.1. The SMILES string of the molecule is CCN1NC(N2CCc3[nH]c(-c4c(F)cccc4F)cc3C2)C=C1C1(F)CC1. The van der Waals surface area contributed by atoms with Crippen LogP contribution in [0.2, 0.25) is 0 Å². The van der Waals surface area contributed by atoms with E-state index in [1.165, 1.54) is 18.2 Å². The van der Waals surface area contributed by atoms with Gasteiger partial charge < -0.3 is 9.99 Å². The van der Waals surface area contributed by atoms with E-state index in [9.17, 15) is 13.2 Å². The van der Waals surface area contributed by atoms with Crippen LogP contribution in [0.15, 0.2) is 36.0 Å². The molecule has 0 radical (unpaired) electrons. The largest absolute Gasteiger partial charge is 0.358 e. The fraction of sp³-hybridized carbons (Fsp3) is 0.429. The molecule has 7 heteroatoms. The van der Waals surface area contributed by atoms with Crippen LogP contribution in [0.4, 0.5) is 13.2 Å². The number of H-pyrrole nitrogens is 1. The number of alkyl halides is 1. The van der Waals surface area contributed by atoms with E-state index in [0.29, 0.717) is 31.6 Å². The first kappa shape index (κ1) is 17.8. The summed E-state index contributed by atoms with van der Waals surface area (Å²) in [6, 6.07) is 5.73. The van der Waals surface area contributed by atoms with Gasteiger partial charge in [0.05, 0.1) is 23.1 Å². The summed E-state index contributed by atoms with van der Waals surface area (Å²) in [4.78, 5) is 5.43. The van der Waals surface area contributed by atoms with E-state index in [0.717, 1.165) is 29.9 Å². The molecule has 0 amide bonds. The highest BCUT2D eigenvalue weighted by Crippen LogP contribution is 2.48. The van der Waals surface area contributed by atoms with Crippen molar-refractivity contribution in [3.63, 3.8) is 0 Å². The lowest BCUT2D eigenvalue weighted by Crippen LogP contribution is -2.49. The van der Waals surface area contributed by atoms with Crippen LogP contribution in [0.3, 0.4) is 0 Å². The summed E-state index contributed by atoms with van der Waals surface area (Å²) in [5.41, 5.74) is 5.44. The zero-order valence-electron chi connectivity index (χ0n) is 15.7. The van der Waals surface area contributed by atoms with Crippen LogP contribution in [-0.4, -0.2) is 39.8 Å². The van der Waals surface area contributed by atoms with Gasteiger partial charge in [-0.2, -0.15) is 0 Å². The van der Waals surface area contributed by atoms with Crippen LogP contribution in [-0.2, 0) is 13.0 Å². The average molecular weight is 388 g/mol. The predicted octanol–water partition coefficient (Wildman–Crippen LogP) is 3.87. The highest BCUT2D eigenvalue weighted by Gasteiger charge is 2.51. The zero-order chi connectivity index (χ0) is 19.5. The fourth-order valence-corrected chi connectivity index (χ4v) is 4.30. The molecule has 3 aliphatic rings. The third-order valence-electron chi connectivity index (χ3n) is 6.00. The van der Waals surface area contributed by atoms with Crippen molar-refractivity contribution >= 4 is 0 Å². The zero-order valence-corrected chi connectivity index (χ0v) is 15.7. The molecule has 1 atom stereocenters. The van der Waals surface area contributed by atoms with Crippen LogP contribution in [0, 0.1) is 11.6 Å². The third-order valence-corrected chi connectivity index (χ3v) is 6.00. The second kappa shape index (κ2) is 6.39. The molecule has 1 aromatic carbocycles. The van der Waals surface area contributed by atoms with Gasteiger partial charge in [0.1, 0.15) is 11.6 Å². The quantitative estimate of drug-likeness (QED) is 0.835. The molecule has 1 unspecified atom stereocenters. The topological polar surface area (TPSA) is 34.3 Å². The molecule has 1 aliphatic carbocycles. The Morgan fingerprint density at radius 3 is 2.64 bits per heavy atom. The van der Waals surface area contributed by atoms with Crippen molar-refractivity contribution in [2.75, 3.05) is 13.1 Å². The first-order valence-electron chi connectivity index (χ1n) is 9.82. The molecule has 0 bridgehead atoms. The molecule has 3 heterocycles. The van der Waals surface area contributed by atoms with E-state index in [2.05, 4.69) is 15.3 Å². The van der Waals surface area contributed by atoms with Gasteiger partial charge >= 0.3 is 0 Å². The van der Waals surface area contributed by atoms with Crippen LogP contribution in [0.25, 0.3) is 11.3 Å². The summed E-state index contributed by atoms with van der Waals surface area (Å²) >= 11 is 0. The molecule has 2 aliphatic heterocycles. The molecule has 28 heavy (non-hydrogen) atoms. The lowest BCUT2D eigenvalue weighted by Gasteiger charge is -2.33. The monoisotopic (exact) mass is 388 g/mol. The maximum Gasteiger partial charge on any atom is 0.151 e. The number of aromatic nitrogens is 1. The van der Waals surface area contributed by atoms with Crippen molar-refractivity contribution in [1.29, 1.82) is 0 Å². The molecule has 1 saturated carbocycles. The summed E-state index contributed by atoms with van der Waals surface area (Å²) in [5, 5.41) is 1.91. The van der Waals surface area contributed by atoms with Crippen molar-refractivity contribution in [3.8, 4) is 11.3 Å². The van der Waals surface area contributed by atoms with E-state index in [1.54, 1.807) is 0 Å². The third kappa shape index (κ3) is 2.84. The van der Waals surface area contributed by atoms with E-state index in [4.69, 9.17) is 0 Å². The molecule has 0 spiro atoms. The number of hydrogen-bond acceptors (Lipinski definition) is 3. The van der Waals surface area contributed by atoms with Crippen LogP contribution in [0.5, 0.6) is 0 Å². The van der Waals surface area contributed by atoms with E-state index >= 15 is 0 Å². The summed E-state index contributed by atoms with van der Waals surface area (Å²) in [7, 11) is 0. The molecule has 4 nitrogen and oxygen atoms in total. The van der Waals surface area contributed by atoms with Crippen LogP contribution in [0.1, 0.15) is 31.0 Å². The lowest BCUT2D eigenvalue weighted by molar-refractivity contribution is 0.120. The van der Waals surface area contributed by atoms with Gasteiger partial charge in [0.2, 0.25) is 0 Å². The predicted molar refractivity (Wildman–Crippen MR) is 101 cm³/mol. The minimum Gasteiger partial charge on any atom is -0.358 e. The van der Waals surface area contributed by atoms with Gasteiger partial charge in [-0.25, -0.2) is 18.6 Å². The number of rotatable bonds is 4. The highest BCUT2D eigenvalue weighted by molar-refractivity contribution is 5.63. The summed E-state index contributed by atoms with van der Waals surface area (Å²) < 4.78 is 42.9. The van der Waals surface area contributed by atoms with Crippen molar-refractivity contribution in [2.24, 2.45) is 0 Å². The number of hydrogen-bond donors (Lipinski definition) is 2. The number of benzene rings is 1. The molecule has 5 rings (SSSR count). The normalized spacial score (nSPS) is 23.6. The van der Waals surface area contributed by atoms with E-state index in [-0.39, 0.29) is 11.7 Å². The molecular weight excluding hydrogens is 365 g/mol. The minimum absolute atomic E-state index is 0.0186. The second-order valence-corrected chi connectivity index (χ2v) is 7.84. The molecule has 1 aromatic heterocycles. The lowest BCUT2D eigenvalue weighted by atomic mass is 10.1. The number of nitrogens with zero attached hydrogens (tertiary/aromatic N) is 2. The Bertz CT molecular complexity index is 927. The number of hydrazine groups is 1. The number of fused-ring (bicyclic) bond motifs is 1. The Hall–Kier alpha value is -2.25. The maximum absolute atomic E-state index is 14.6. The fourth-order valence-electron chi connectivity index (χ4n) is 4.30. The Labute approximate surface area is 162 Å². The second-order valence-electron chi connectivity index (χ2n) is 7.84. The van der Waals surface area contributed by atoms with Gasteiger partial charge in [-0.3, -0.25) is 4.90 Å². The summed E-state index contributed by atoms with van der Waals surface area (Å²) in [6.07, 6.45) is 3.84. The van der Waals surface area contributed by atoms with Crippen molar-refractivity contribution in [1.82, 2.24) is 20.3 Å². The Kier molecular flexibility index (Phi) is 4.07. The van der Waals surface area contributed by atoms with Gasteiger partial charge in [-0.1, -0.05) is 6.07 Å². The Morgan fingerprint density at radius 1 is 1.21 bits per heavy atom. The van der Waals surface area contributed by atoms with Gasteiger partial charge in [-0.15, -0.1) is 0 Å². The van der Waals surface area contributed by atoms with Crippen LogP contribution >= 0.6 is 0 Å². The number of allylic oxidation sites excluding steroid dienone is 1. The Balaban J connectivity index is 1.39. The molecule has 0 saturated heterocycles. The molecule has 148 valence electrons. The number of aromatic amines is 1. The molecule has 2 aromatic rings. The van der Waals surface area contributed by atoms with Crippen molar-refractivity contribution in [2.45, 2.75) is 44.6 Å². The Morgan fingerprint density at radius 2 is 1.96 bits per heavy atom. The van der Waals surface area contributed by atoms with Gasteiger partial charge in [-0.05, 0) is 49.6 Å². The van der Waals surface area contributed by atoms with Gasteiger partial charge in [0, 0.05) is 31.7 Å². The van der Waals surface area contributed by atoms with Crippen molar-refractivity contribution in [3.05, 3.63) is 58.9 Å². The van der Waals surface area contributed by atoms with Crippen molar-refractivity contribution < 1.29 is 13.2 Å². The number of halogens is 3. The molecule has 2 N–H and O–H groups in total. The number of nitrogens with one attached hydrogen (secondary N) is 2. The van der Waals surface area contributed by atoms with E-state index in [1.807, 2.05) is 24.1 Å². The minimum atomic E-state index is -1.18. The average Bonchev–Trinajstić information content (AvgIpc) is 3.11. The van der Waals surface area contributed by atoms with Crippen LogP contribution < -0.4 is 5.43 Å². The van der Waals surface area contributed by atoms with Gasteiger partial charge in [0.25, 0.3) is 0 Å². The standard InChI is InChI=1S/C21H23F3N4/c1-2-28-18(21(24)7-8-21)11-19(26-28)27-9-6-16-13(12-27)10-17(25-16)20-14(22)4-3-5-15(20)23/h3-5,10-11,19,25-26H,2,6-9,12H2,1H3. The molecular formula is C21H23F3N4. The summed E-state index contributed by atoms with van der Waals surface area (Å²) in [6.45, 7) is 4.13. The molecule has 1 fully saturated rings. The smallest absolute Gasteiger partial charge is 0.151 e. The first-order chi connectivity index (χ1) is 13.5. The first-order valence-corrected chi connectivity index (χ1v) is 9.82. The summed E-state index contributed by atoms with van der Waals surface area (Å²) in [5.74, 6) is -1.14. The maximum atomic E-state index is 14.6.